The third kappa shape index (κ3) is 7.34. The molecule has 5 atom stereocenters. The van der Waals surface area contributed by atoms with Crippen LogP contribution in [0.1, 0.15) is 58.3 Å². The van der Waals surface area contributed by atoms with Gasteiger partial charge in [-0.3, -0.25) is 10.0 Å². The van der Waals surface area contributed by atoms with Gasteiger partial charge in [0.25, 0.3) is 0 Å². The quantitative estimate of drug-likeness (QED) is 0.262. The number of carbonyl (C=O) groups is 1. The van der Waals surface area contributed by atoms with E-state index in [1.54, 1.807) is 6.92 Å². The molecule has 2 saturated carbocycles. The summed E-state index contributed by atoms with van der Waals surface area (Å²) in [5, 5.41) is 11.4. The van der Waals surface area contributed by atoms with Crippen molar-refractivity contribution in [2.45, 2.75) is 86.4 Å². The molecule has 0 amide bonds. The predicted molar refractivity (Wildman–Crippen MR) is 104 cm³/mol. The second-order valence-corrected chi connectivity index (χ2v) is 9.50. The summed E-state index contributed by atoms with van der Waals surface area (Å²) in [5.74, 6) is -0.412. The summed E-state index contributed by atoms with van der Waals surface area (Å²) >= 11 is 13.8. The highest BCUT2D eigenvalue weighted by atomic mass is 35.5. The summed E-state index contributed by atoms with van der Waals surface area (Å²) in [5.41, 5.74) is 6.00. The number of halogens is 2. The molecule has 5 unspecified atom stereocenters. The van der Waals surface area contributed by atoms with Crippen molar-refractivity contribution in [1.29, 1.82) is 0 Å². The summed E-state index contributed by atoms with van der Waals surface area (Å²) in [7, 11) is 0. The Kier molecular flexibility index (Phi) is 9.78. The molecule has 2 aliphatic rings. The summed E-state index contributed by atoms with van der Waals surface area (Å²) in [6, 6.07) is -0.360. The molecule has 2 aliphatic carbocycles. The number of ether oxygens (including phenoxy) is 1. The fourth-order valence-electron chi connectivity index (χ4n) is 3.78. The van der Waals surface area contributed by atoms with Crippen LogP contribution in [0, 0.1) is 5.92 Å². The molecule has 2 rings (SSSR count). The largest absolute Gasteiger partial charge is 0.466 e. The molecular formula is C17H30Cl2N2O4S. The van der Waals surface area contributed by atoms with Crippen LogP contribution in [-0.2, 0) is 13.8 Å². The second kappa shape index (κ2) is 11.3. The van der Waals surface area contributed by atoms with Crippen LogP contribution in [0.25, 0.3) is 0 Å². The van der Waals surface area contributed by atoms with Crippen molar-refractivity contribution in [3.05, 3.63) is 0 Å². The average molecular weight is 429 g/mol. The van der Waals surface area contributed by atoms with Crippen LogP contribution < -0.4 is 5.73 Å². The summed E-state index contributed by atoms with van der Waals surface area (Å²) in [6.45, 7) is 2.06. The first kappa shape index (κ1) is 22.5. The molecule has 0 radical (unpaired) electrons. The number of alkyl halides is 2. The van der Waals surface area contributed by atoms with Gasteiger partial charge in [-0.25, -0.2) is 4.28 Å². The average Bonchev–Trinajstić information content (AvgIpc) is 2.57. The lowest BCUT2D eigenvalue weighted by atomic mass is 9.82. The number of hydrogen-bond acceptors (Lipinski definition) is 7. The van der Waals surface area contributed by atoms with E-state index in [2.05, 4.69) is 0 Å². The third-order valence-electron chi connectivity index (χ3n) is 5.06. The number of hydroxylamine groups is 2. The van der Waals surface area contributed by atoms with E-state index in [4.69, 9.17) is 38.0 Å². The van der Waals surface area contributed by atoms with E-state index in [1.807, 2.05) is 0 Å². The first-order valence-corrected chi connectivity index (χ1v) is 11.1. The van der Waals surface area contributed by atoms with Gasteiger partial charge in [0.2, 0.25) is 0 Å². The van der Waals surface area contributed by atoms with E-state index in [0.717, 1.165) is 37.3 Å². The molecule has 0 aliphatic heterocycles. The van der Waals surface area contributed by atoms with Gasteiger partial charge < -0.3 is 10.5 Å². The van der Waals surface area contributed by atoms with Gasteiger partial charge >= 0.3 is 5.97 Å². The van der Waals surface area contributed by atoms with Crippen LogP contribution in [-0.4, -0.2) is 51.1 Å². The van der Waals surface area contributed by atoms with Crippen molar-refractivity contribution >= 4 is 41.2 Å². The molecule has 0 saturated heterocycles. The standard InChI is InChI=1S/C17H30Cl2N2O4S/c1-2-24-17(22)10-16(11-6-12(18)8-13(19)7-11)21(23)25-26-15-5-3-4-14(20)9-15/h11-16,23H,2-10,20H2,1H3. The van der Waals surface area contributed by atoms with Gasteiger partial charge in [-0.05, 0) is 51.4 Å². The Morgan fingerprint density at radius 1 is 1.27 bits per heavy atom. The molecule has 152 valence electrons. The van der Waals surface area contributed by atoms with Crippen LogP contribution in [0.5, 0.6) is 0 Å². The SMILES string of the molecule is CCOC(=O)CC(C1CC(Cl)CC(Cl)C1)N(O)OSC1CCCC(N)C1. The maximum absolute atomic E-state index is 12.0. The minimum absolute atomic E-state index is 0.0347. The zero-order valence-electron chi connectivity index (χ0n) is 15.2. The molecular weight excluding hydrogens is 399 g/mol. The maximum atomic E-state index is 12.0. The fourth-order valence-corrected chi connectivity index (χ4v) is 5.67. The van der Waals surface area contributed by atoms with Crippen molar-refractivity contribution in [2.75, 3.05) is 6.61 Å². The zero-order valence-corrected chi connectivity index (χ0v) is 17.5. The van der Waals surface area contributed by atoms with Crippen molar-refractivity contribution in [3.63, 3.8) is 0 Å². The van der Waals surface area contributed by atoms with Crippen molar-refractivity contribution in [3.8, 4) is 0 Å². The molecule has 0 spiro atoms. The van der Waals surface area contributed by atoms with Gasteiger partial charge in [-0.1, -0.05) is 11.6 Å². The van der Waals surface area contributed by atoms with Gasteiger partial charge in [0.1, 0.15) is 0 Å². The normalized spacial score (nSPS) is 33.8. The Hall–Kier alpha value is 0.240. The van der Waals surface area contributed by atoms with Crippen molar-refractivity contribution < 1.29 is 19.0 Å². The minimum atomic E-state index is -0.540. The minimum Gasteiger partial charge on any atom is -0.466 e. The van der Waals surface area contributed by atoms with Gasteiger partial charge in [-0.15, -0.1) is 23.2 Å². The van der Waals surface area contributed by atoms with E-state index < -0.39 is 6.04 Å². The van der Waals surface area contributed by atoms with E-state index in [1.165, 1.54) is 12.0 Å². The first-order chi connectivity index (χ1) is 12.4. The Balaban J connectivity index is 1.95. The molecule has 0 heterocycles. The van der Waals surface area contributed by atoms with Crippen LogP contribution in [0.15, 0.2) is 0 Å². The number of rotatable bonds is 8. The highest BCUT2D eigenvalue weighted by molar-refractivity contribution is 7.95. The molecule has 0 aromatic carbocycles. The number of nitrogens with two attached hydrogens (primary N) is 1. The lowest BCUT2D eigenvalue weighted by molar-refractivity contribution is -0.310. The van der Waals surface area contributed by atoms with Crippen LogP contribution in [0.4, 0.5) is 0 Å². The molecule has 2 fully saturated rings. The molecule has 9 heteroatoms. The fraction of sp³-hybridized carbons (Fsp3) is 0.941. The Bertz CT molecular complexity index is 439. The second-order valence-electron chi connectivity index (χ2n) is 7.26. The van der Waals surface area contributed by atoms with Gasteiger partial charge in [0.15, 0.2) is 0 Å². The van der Waals surface area contributed by atoms with E-state index in [-0.39, 0.29) is 40.4 Å². The van der Waals surface area contributed by atoms with E-state index >= 15 is 0 Å². The van der Waals surface area contributed by atoms with E-state index in [9.17, 15) is 10.0 Å². The Labute approximate surface area is 170 Å². The molecule has 0 aromatic heterocycles. The van der Waals surface area contributed by atoms with Crippen LogP contribution >= 0.6 is 35.2 Å². The molecule has 0 aromatic rings. The number of nitrogens with zero attached hydrogens (tertiary/aromatic N) is 1. The first-order valence-electron chi connectivity index (χ1n) is 9.39. The number of esters is 1. The third-order valence-corrected chi connectivity index (χ3v) is 6.71. The smallest absolute Gasteiger partial charge is 0.307 e. The summed E-state index contributed by atoms with van der Waals surface area (Å²) in [4.78, 5) is 12.0. The topological polar surface area (TPSA) is 85.0 Å². The van der Waals surface area contributed by atoms with Gasteiger partial charge in [0.05, 0.1) is 19.1 Å². The highest BCUT2D eigenvalue weighted by Crippen LogP contribution is 2.37. The van der Waals surface area contributed by atoms with Crippen LogP contribution in [0.3, 0.4) is 0 Å². The molecule has 6 nitrogen and oxygen atoms in total. The van der Waals surface area contributed by atoms with Crippen molar-refractivity contribution in [1.82, 2.24) is 5.23 Å². The van der Waals surface area contributed by atoms with E-state index in [0.29, 0.717) is 19.4 Å². The zero-order chi connectivity index (χ0) is 19.1. The molecule has 26 heavy (non-hydrogen) atoms. The Morgan fingerprint density at radius 2 is 1.96 bits per heavy atom. The number of hydrogen-bond donors (Lipinski definition) is 2. The maximum Gasteiger partial charge on any atom is 0.307 e. The lowest BCUT2D eigenvalue weighted by Crippen LogP contribution is -2.43. The van der Waals surface area contributed by atoms with Crippen LogP contribution in [0.2, 0.25) is 0 Å². The monoisotopic (exact) mass is 428 g/mol. The molecule has 0 bridgehead atoms. The van der Waals surface area contributed by atoms with Gasteiger partial charge in [-0.2, -0.15) is 0 Å². The summed E-state index contributed by atoms with van der Waals surface area (Å²) in [6.07, 6.45) is 6.07. The lowest BCUT2D eigenvalue weighted by Gasteiger charge is -2.37. The number of carbonyl (C=O) groups excluding carboxylic acids is 1. The van der Waals surface area contributed by atoms with Crippen molar-refractivity contribution in [2.24, 2.45) is 11.7 Å². The highest BCUT2D eigenvalue weighted by Gasteiger charge is 2.37. The Morgan fingerprint density at radius 3 is 2.58 bits per heavy atom. The van der Waals surface area contributed by atoms with Gasteiger partial charge in [0, 0.05) is 34.1 Å². The molecule has 3 N–H and O–H groups in total. The summed E-state index contributed by atoms with van der Waals surface area (Å²) < 4.78 is 10.6. The predicted octanol–water partition coefficient (Wildman–Crippen LogP) is 3.86.